The zero-order valence-electron chi connectivity index (χ0n) is 8.51. The third kappa shape index (κ3) is 0.561. The SMILES string of the molecule is CC1C2CCC3(C)C(C2)C(C)C13. The van der Waals surface area contributed by atoms with Crippen LogP contribution in [0.2, 0.25) is 0 Å². The van der Waals surface area contributed by atoms with Crippen LogP contribution >= 0.6 is 0 Å². The van der Waals surface area contributed by atoms with Gasteiger partial charge >= 0.3 is 0 Å². The molecule has 0 aromatic carbocycles. The van der Waals surface area contributed by atoms with Crippen molar-refractivity contribution in [2.75, 3.05) is 0 Å². The van der Waals surface area contributed by atoms with Crippen LogP contribution in [-0.2, 0) is 0 Å². The van der Waals surface area contributed by atoms with Gasteiger partial charge in [-0.3, -0.25) is 0 Å². The van der Waals surface area contributed by atoms with Gasteiger partial charge in [0.25, 0.3) is 0 Å². The maximum atomic E-state index is 2.56. The molecule has 5 rings (SSSR count). The van der Waals surface area contributed by atoms with Crippen LogP contribution in [0.4, 0.5) is 0 Å². The van der Waals surface area contributed by atoms with E-state index in [1.165, 1.54) is 6.42 Å². The van der Waals surface area contributed by atoms with Crippen molar-refractivity contribution in [2.45, 2.75) is 40.0 Å². The van der Waals surface area contributed by atoms with Crippen molar-refractivity contribution in [1.29, 1.82) is 0 Å². The average Bonchev–Trinajstić information content (AvgIpc) is 2.03. The highest BCUT2D eigenvalue weighted by molar-refractivity contribution is 5.13. The van der Waals surface area contributed by atoms with Gasteiger partial charge in [-0.2, -0.15) is 0 Å². The van der Waals surface area contributed by atoms with E-state index in [9.17, 15) is 0 Å². The van der Waals surface area contributed by atoms with Crippen LogP contribution in [0.15, 0.2) is 0 Å². The maximum Gasteiger partial charge on any atom is -0.0261 e. The molecule has 5 aliphatic rings. The van der Waals surface area contributed by atoms with Gasteiger partial charge in [-0.05, 0) is 54.3 Å². The van der Waals surface area contributed by atoms with Gasteiger partial charge in [0.1, 0.15) is 0 Å². The first kappa shape index (κ1) is 7.41. The molecule has 12 heavy (non-hydrogen) atoms. The lowest BCUT2D eigenvalue weighted by molar-refractivity contribution is -0.229. The minimum atomic E-state index is 0.785. The molecule has 0 nitrogen and oxygen atoms in total. The van der Waals surface area contributed by atoms with E-state index in [0.29, 0.717) is 0 Å². The van der Waals surface area contributed by atoms with Crippen LogP contribution in [0.3, 0.4) is 0 Å². The van der Waals surface area contributed by atoms with E-state index in [0.717, 1.165) is 35.0 Å². The van der Waals surface area contributed by atoms with Gasteiger partial charge in [0.15, 0.2) is 0 Å². The molecule has 0 saturated heterocycles. The molecule has 68 valence electrons. The predicted octanol–water partition coefficient (Wildman–Crippen LogP) is 3.32. The van der Waals surface area contributed by atoms with Gasteiger partial charge < -0.3 is 0 Å². The van der Waals surface area contributed by atoms with Crippen LogP contribution in [0, 0.1) is 35.0 Å². The van der Waals surface area contributed by atoms with Crippen LogP contribution in [-0.4, -0.2) is 0 Å². The summed E-state index contributed by atoms with van der Waals surface area (Å²) in [5, 5.41) is 0. The van der Waals surface area contributed by atoms with E-state index in [2.05, 4.69) is 20.8 Å². The smallest absolute Gasteiger partial charge is 0.0261 e. The van der Waals surface area contributed by atoms with E-state index in [-0.39, 0.29) is 0 Å². The molecule has 0 aromatic heterocycles. The molecule has 0 heteroatoms. The molecule has 0 N–H and O–H groups in total. The molecule has 5 aliphatic carbocycles. The predicted molar refractivity (Wildman–Crippen MR) is 50.8 cm³/mol. The first-order valence-electron chi connectivity index (χ1n) is 5.64. The molecule has 0 heterocycles. The highest BCUT2D eigenvalue weighted by Gasteiger charge is 2.65. The fraction of sp³-hybridized carbons (Fsp3) is 1.00. The van der Waals surface area contributed by atoms with Crippen molar-refractivity contribution in [2.24, 2.45) is 35.0 Å². The largest absolute Gasteiger partial charge is 0.0619 e. The Kier molecular flexibility index (Phi) is 1.18. The zero-order valence-corrected chi connectivity index (χ0v) is 8.51. The minimum Gasteiger partial charge on any atom is -0.0619 e. The van der Waals surface area contributed by atoms with E-state index in [1.807, 2.05) is 0 Å². The molecule has 6 atom stereocenters. The summed E-state index contributed by atoms with van der Waals surface area (Å²) < 4.78 is 0. The quantitative estimate of drug-likeness (QED) is 0.515. The zero-order chi connectivity index (χ0) is 8.51. The number of hydrogen-bond acceptors (Lipinski definition) is 0. The molecular weight excluding hydrogens is 144 g/mol. The monoisotopic (exact) mass is 164 g/mol. The Morgan fingerprint density at radius 3 is 2.42 bits per heavy atom. The van der Waals surface area contributed by atoms with Crippen LogP contribution < -0.4 is 0 Å². The summed E-state index contributed by atoms with van der Waals surface area (Å²) in [5.74, 6) is 5.41. The van der Waals surface area contributed by atoms with Crippen molar-refractivity contribution in [1.82, 2.24) is 0 Å². The first-order chi connectivity index (χ1) is 5.64. The van der Waals surface area contributed by atoms with E-state index < -0.39 is 0 Å². The van der Waals surface area contributed by atoms with Gasteiger partial charge in [0, 0.05) is 0 Å². The summed E-state index contributed by atoms with van der Waals surface area (Å²) in [5.41, 5.74) is 0.785. The van der Waals surface area contributed by atoms with Gasteiger partial charge in [-0.15, -0.1) is 0 Å². The molecule has 5 fully saturated rings. The van der Waals surface area contributed by atoms with Crippen LogP contribution in [0.25, 0.3) is 0 Å². The molecule has 4 bridgehead atoms. The van der Waals surface area contributed by atoms with E-state index in [4.69, 9.17) is 0 Å². The summed E-state index contributed by atoms with van der Waals surface area (Å²) in [6, 6.07) is 0. The third-order valence-corrected chi connectivity index (χ3v) is 5.73. The highest BCUT2D eigenvalue weighted by atomic mass is 14.7. The van der Waals surface area contributed by atoms with Crippen molar-refractivity contribution >= 4 is 0 Å². The lowest BCUT2D eigenvalue weighted by atomic mass is 9.33. The van der Waals surface area contributed by atoms with Crippen molar-refractivity contribution in [3.63, 3.8) is 0 Å². The fourth-order valence-corrected chi connectivity index (χ4v) is 5.21. The summed E-state index contributed by atoms with van der Waals surface area (Å²) in [7, 11) is 0. The number of fused-ring (bicyclic) bond motifs is 1. The van der Waals surface area contributed by atoms with Gasteiger partial charge in [0.2, 0.25) is 0 Å². The molecular formula is C12H20. The Balaban J connectivity index is 2.00. The molecule has 0 amide bonds. The lowest BCUT2D eigenvalue weighted by Crippen LogP contribution is -2.65. The summed E-state index contributed by atoms with van der Waals surface area (Å²) in [4.78, 5) is 0. The molecule has 0 aliphatic heterocycles. The van der Waals surface area contributed by atoms with E-state index >= 15 is 0 Å². The third-order valence-electron chi connectivity index (χ3n) is 5.73. The Morgan fingerprint density at radius 1 is 1.17 bits per heavy atom. The molecule has 5 saturated carbocycles. The Morgan fingerprint density at radius 2 is 1.92 bits per heavy atom. The van der Waals surface area contributed by atoms with Crippen LogP contribution in [0.1, 0.15) is 40.0 Å². The molecule has 0 radical (unpaired) electrons. The molecule has 0 aromatic rings. The Hall–Kier alpha value is 0. The van der Waals surface area contributed by atoms with Gasteiger partial charge in [-0.1, -0.05) is 20.8 Å². The maximum absolute atomic E-state index is 2.56. The minimum absolute atomic E-state index is 0.785. The molecule has 0 spiro atoms. The topological polar surface area (TPSA) is 0 Å². The van der Waals surface area contributed by atoms with Crippen LogP contribution in [0.5, 0.6) is 0 Å². The van der Waals surface area contributed by atoms with E-state index in [1.54, 1.807) is 12.8 Å². The summed E-state index contributed by atoms with van der Waals surface area (Å²) in [6.07, 6.45) is 4.65. The van der Waals surface area contributed by atoms with Crippen molar-refractivity contribution < 1.29 is 0 Å². The summed E-state index contributed by atoms with van der Waals surface area (Å²) in [6.45, 7) is 7.57. The average molecular weight is 164 g/mol. The lowest BCUT2D eigenvalue weighted by Gasteiger charge is -2.71. The van der Waals surface area contributed by atoms with Gasteiger partial charge in [-0.25, -0.2) is 0 Å². The number of rotatable bonds is 0. The Labute approximate surface area is 75.7 Å². The van der Waals surface area contributed by atoms with Crippen molar-refractivity contribution in [3.05, 3.63) is 0 Å². The standard InChI is InChI=1S/C12H20/c1-7-9-4-5-12(3)10(6-9)8(2)11(7)12/h7-11H,4-6H2,1-3H3. The second kappa shape index (κ2) is 1.91. The Bertz CT molecular complexity index is 220. The van der Waals surface area contributed by atoms with Crippen molar-refractivity contribution in [3.8, 4) is 0 Å². The normalized spacial score (nSPS) is 67.8. The second-order valence-corrected chi connectivity index (χ2v) is 5.89. The number of hydrogen-bond donors (Lipinski definition) is 0. The summed E-state index contributed by atoms with van der Waals surface area (Å²) >= 11 is 0. The molecule has 6 unspecified atom stereocenters. The highest BCUT2D eigenvalue weighted by Crippen LogP contribution is 2.72. The first-order valence-corrected chi connectivity index (χ1v) is 5.64. The fourth-order valence-electron chi connectivity index (χ4n) is 5.21. The second-order valence-electron chi connectivity index (χ2n) is 5.89. The van der Waals surface area contributed by atoms with Gasteiger partial charge in [0.05, 0.1) is 0 Å².